The Balaban J connectivity index is 2.22. The van der Waals surface area contributed by atoms with E-state index in [4.69, 9.17) is 4.74 Å². The molecular weight excluding hydrogens is 294 g/mol. The Morgan fingerprint density at radius 1 is 1.30 bits per heavy atom. The van der Waals surface area contributed by atoms with Crippen LogP contribution in [-0.2, 0) is 4.74 Å². The largest absolute Gasteiger partial charge is 0.462 e. The fourth-order valence-corrected chi connectivity index (χ4v) is 2.36. The van der Waals surface area contributed by atoms with Crippen LogP contribution in [0.3, 0.4) is 0 Å². The molecule has 0 fully saturated rings. The second-order valence-corrected chi connectivity index (χ2v) is 4.95. The molecule has 0 amide bonds. The zero-order chi connectivity index (χ0) is 16.4. The molecule has 6 heteroatoms. The van der Waals surface area contributed by atoms with Crippen molar-refractivity contribution in [3.05, 3.63) is 64.3 Å². The van der Waals surface area contributed by atoms with Crippen LogP contribution in [0.1, 0.15) is 23.0 Å². The van der Waals surface area contributed by atoms with Gasteiger partial charge in [-0.2, -0.15) is 0 Å². The molecule has 0 aromatic carbocycles. The van der Waals surface area contributed by atoms with E-state index in [0.717, 1.165) is 0 Å². The Morgan fingerprint density at radius 2 is 2.13 bits per heavy atom. The van der Waals surface area contributed by atoms with Crippen molar-refractivity contribution in [2.24, 2.45) is 0 Å². The van der Waals surface area contributed by atoms with Crippen molar-refractivity contribution in [1.82, 2.24) is 14.5 Å². The van der Waals surface area contributed by atoms with Crippen LogP contribution in [0.5, 0.6) is 0 Å². The number of carbonyl (C=O) groups excluding carboxylic acids is 1. The molecule has 0 saturated heterocycles. The molecule has 3 rings (SSSR count). The first-order valence-corrected chi connectivity index (χ1v) is 7.23. The van der Waals surface area contributed by atoms with Gasteiger partial charge in [-0.25, -0.2) is 9.78 Å². The maximum atomic E-state index is 12.7. The number of hydrogen-bond acceptors (Lipinski definition) is 5. The van der Waals surface area contributed by atoms with E-state index in [2.05, 4.69) is 9.97 Å². The molecule has 3 heterocycles. The number of rotatable bonds is 3. The van der Waals surface area contributed by atoms with Gasteiger partial charge >= 0.3 is 5.97 Å². The first-order valence-electron chi connectivity index (χ1n) is 7.23. The van der Waals surface area contributed by atoms with Crippen molar-refractivity contribution >= 4 is 16.9 Å². The lowest BCUT2D eigenvalue weighted by Crippen LogP contribution is -2.20. The number of ether oxygens (including phenoxy) is 1. The second-order valence-electron chi connectivity index (χ2n) is 4.95. The van der Waals surface area contributed by atoms with E-state index in [-0.39, 0.29) is 12.2 Å². The van der Waals surface area contributed by atoms with Gasteiger partial charge in [0.15, 0.2) is 0 Å². The van der Waals surface area contributed by atoms with E-state index in [1.54, 1.807) is 50.5 Å². The molecule has 0 unspecified atom stereocenters. The minimum absolute atomic E-state index is 0.267. The van der Waals surface area contributed by atoms with Gasteiger partial charge in [0.25, 0.3) is 5.56 Å². The predicted octanol–water partition coefficient (Wildman–Crippen LogP) is 2.27. The molecule has 0 aliphatic rings. The Hall–Kier alpha value is -3.02. The van der Waals surface area contributed by atoms with E-state index in [9.17, 15) is 9.59 Å². The summed E-state index contributed by atoms with van der Waals surface area (Å²) in [5.41, 5.74) is 1.09. The number of esters is 1. The van der Waals surface area contributed by atoms with E-state index >= 15 is 0 Å². The minimum atomic E-state index is -0.480. The van der Waals surface area contributed by atoms with E-state index in [1.165, 1.54) is 10.6 Å². The predicted molar refractivity (Wildman–Crippen MR) is 85.8 cm³/mol. The average Bonchev–Trinajstić information content (AvgIpc) is 2.55. The normalized spacial score (nSPS) is 10.7. The quantitative estimate of drug-likeness (QED) is 0.694. The molecule has 3 aromatic heterocycles. The van der Waals surface area contributed by atoms with E-state index < -0.39 is 5.97 Å². The number of aromatic nitrogens is 3. The summed E-state index contributed by atoms with van der Waals surface area (Å²) in [5.74, 6) is 0.0321. The van der Waals surface area contributed by atoms with Crippen molar-refractivity contribution in [2.75, 3.05) is 6.61 Å². The number of nitrogens with zero attached hydrogens (tertiary/aromatic N) is 3. The lowest BCUT2D eigenvalue weighted by molar-refractivity contribution is 0.0525. The molecule has 3 aromatic rings. The van der Waals surface area contributed by atoms with Crippen molar-refractivity contribution in [3.8, 4) is 5.82 Å². The lowest BCUT2D eigenvalue weighted by Gasteiger charge is -2.09. The van der Waals surface area contributed by atoms with Gasteiger partial charge < -0.3 is 4.74 Å². The highest BCUT2D eigenvalue weighted by Crippen LogP contribution is 2.15. The van der Waals surface area contributed by atoms with Crippen molar-refractivity contribution < 1.29 is 9.53 Å². The summed E-state index contributed by atoms with van der Waals surface area (Å²) in [6.07, 6.45) is 3.24. The van der Waals surface area contributed by atoms with E-state index in [1.807, 2.05) is 0 Å². The molecule has 0 N–H and O–H groups in total. The Bertz CT molecular complexity index is 933. The summed E-state index contributed by atoms with van der Waals surface area (Å²) in [6.45, 7) is 3.72. The van der Waals surface area contributed by atoms with Gasteiger partial charge in [0.2, 0.25) is 0 Å². The number of hydrogen-bond donors (Lipinski definition) is 0. The van der Waals surface area contributed by atoms with Crippen LogP contribution in [-0.4, -0.2) is 27.1 Å². The van der Waals surface area contributed by atoms with Gasteiger partial charge in [-0.15, -0.1) is 0 Å². The average molecular weight is 309 g/mol. The topological polar surface area (TPSA) is 74.1 Å². The number of aryl methyl sites for hydroxylation is 1. The fourth-order valence-electron chi connectivity index (χ4n) is 2.36. The molecule has 116 valence electrons. The van der Waals surface area contributed by atoms with Crippen LogP contribution < -0.4 is 5.56 Å². The monoisotopic (exact) mass is 309 g/mol. The summed E-state index contributed by atoms with van der Waals surface area (Å²) in [4.78, 5) is 33.2. The van der Waals surface area contributed by atoms with Crippen LogP contribution in [0.2, 0.25) is 0 Å². The summed E-state index contributed by atoms with van der Waals surface area (Å²) >= 11 is 0. The third kappa shape index (κ3) is 2.70. The first-order chi connectivity index (χ1) is 11.1. The molecule has 0 atom stereocenters. The molecule has 0 aliphatic carbocycles. The highest BCUT2D eigenvalue weighted by atomic mass is 16.5. The van der Waals surface area contributed by atoms with Gasteiger partial charge in [-0.1, -0.05) is 6.07 Å². The number of pyridine rings is 3. The molecule has 0 spiro atoms. The SMILES string of the molecule is CCOC(=O)c1cc2c(=O)n(-c3ccccn3)ccc2nc1C. The molecule has 6 nitrogen and oxygen atoms in total. The molecular formula is C17H15N3O3. The van der Waals surface area contributed by atoms with Gasteiger partial charge in [-0.3, -0.25) is 14.3 Å². The standard InChI is InChI=1S/C17H15N3O3/c1-3-23-17(22)12-10-13-14(19-11(12)2)7-9-20(16(13)21)15-6-4-5-8-18-15/h4-10H,3H2,1-2H3. The molecule has 23 heavy (non-hydrogen) atoms. The Kier molecular flexibility index (Phi) is 3.89. The lowest BCUT2D eigenvalue weighted by atomic mass is 10.1. The fraction of sp³-hybridized carbons (Fsp3) is 0.176. The summed E-state index contributed by atoms with van der Waals surface area (Å²) in [6, 6.07) is 8.58. The summed E-state index contributed by atoms with van der Waals surface area (Å²) in [5, 5.41) is 0.354. The summed E-state index contributed by atoms with van der Waals surface area (Å²) in [7, 11) is 0. The highest BCUT2D eigenvalue weighted by Gasteiger charge is 2.15. The maximum absolute atomic E-state index is 12.7. The third-order valence-corrected chi connectivity index (χ3v) is 3.46. The minimum Gasteiger partial charge on any atom is -0.462 e. The zero-order valence-electron chi connectivity index (χ0n) is 12.8. The zero-order valence-corrected chi connectivity index (χ0v) is 12.8. The van der Waals surface area contributed by atoms with Gasteiger partial charge in [0.1, 0.15) is 5.82 Å². The van der Waals surface area contributed by atoms with Crippen molar-refractivity contribution in [2.45, 2.75) is 13.8 Å². The smallest absolute Gasteiger partial charge is 0.339 e. The van der Waals surface area contributed by atoms with Crippen LogP contribution in [0.4, 0.5) is 0 Å². The third-order valence-electron chi connectivity index (χ3n) is 3.46. The molecule has 0 aliphatic heterocycles. The van der Waals surface area contributed by atoms with E-state index in [0.29, 0.717) is 28.0 Å². The van der Waals surface area contributed by atoms with Crippen LogP contribution in [0, 0.1) is 6.92 Å². The Morgan fingerprint density at radius 3 is 2.83 bits per heavy atom. The number of fused-ring (bicyclic) bond motifs is 1. The van der Waals surface area contributed by atoms with Crippen molar-refractivity contribution in [3.63, 3.8) is 0 Å². The van der Waals surface area contributed by atoms with Gasteiger partial charge in [-0.05, 0) is 38.1 Å². The van der Waals surface area contributed by atoms with Crippen LogP contribution >= 0.6 is 0 Å². The Labute approximate surface area is 132 Å². The maximum Gasteiger partial charge on any atom is 0.339 e. The molecule has 0 saturated carbocycles. The van der Waals surface area contributed by atoms with Crippen LogP contribution in [0.25, 0.3) is 16.7 Å². The number of carbonyl (C=O) groups is 1. The van der Waals surface area contributed by atoms with Gasteiger partial charge in [0.05, 0.1) is 28.8 Å². The highest BCUT2D eigenvalue weighted by molar-refractivity contribution is 5.94. The van der Waals surface area contributed by atoms with Crippen molar-refractivity contribution in [1.29, 1.82) is 0 Å². The van der Waals surface area contributed by atoms with Crippen LogP contribution in [0.15, 0.2) is 47.5 Å². The molecule has 0 radical (unpaired) electrons. The van der Waals surface area contributed by atoms with Gasteiger partial charge in [0, 0.05) is 12.4 Å². The molecule has 0 bridgehead atoms. The summed E-state index contributed by atoms with van der Waals surface area (Å²) < 4.78 is 6.44. The first kappa shape index (κ1) is 14.9. The second kappa shape index (κ2) is 6.00.